The molecule has 6 nitrogen and oxygen atoms in total. The third-order valence-corrected chi connectivity index (χ3v) is 3.45. The van der Waals surface area contributed by atoms with Crippen LogP contribution in [0.4, 0.5) is 0 Å². The van der Waals surface area contributed by atoms with Gasteiger partial charge in [0, 0.05) is 20.6 Å². The summed E-state index contributed by atoms with van der Waals surface area (Å²) in [6, 6.07) is 0. The lowest BCUT2D eigenvalue weighted by molar-refractivity contribution is 0.414. The molecule has 0 aliphatic heterocycles. The number of rotatable bonds is 5. The molecule has 3 N–H and O–H groups in total. The molecular formula is C6H16N4O2S. The predicted molar refractivity (Wildman–Crippen MR) is 51.8 cm³/mol. The number of nitrogens with zero attached hydrogens (tertiary/aromatic N) is 2. The van der Waals surface area contributed by atoms with E-state index in [-0.39, 0.29) is 12.4 Å². The topological polar surface area (TPSA) is 90.5 Å². The van der Waals surface area contributed by atoms with Crippen LogP contribution in [0, 0.1) is 5.41 Å². The molecular weight excluding hydrogens is 192 g/mol. The van der Waals surface area contributed by atoms with Gasteiger partial charge in [-0.05, 0) is 0 Å². The highest BCUT2D eigenvalue weighted by molar-refractivity contribution is 7.86. The summed E-state index contributed by atoms with van der Waals surface area (Å²) in [4.78, 5) is 0. The van der Waals surface area contributed by atoms with Gasteiger partial charge in [-0.15, -0.1) is 0 Å². The number of hydrogen-bond donors (Lipinski definition) is 2. The quantitative estimate of drug-likeness (QED) is 0.451. The van der Waals surface area contributed by atoms with E-state index in [0.29, 0.717) is 6.54 Å². The molecule has 0 aliphatic carbocycles. The first-order valence-electron chi connectivity index (χ1n) is 3.82. The van der Waals surface area contributed by atoms with Gasteiger partial charge in [0.15, 0.2) is 0 Å². The van der Waals surface area contributed by atoms with Crippen molar-refractivity contribution in [3.63, 3.8) is 0 Å². The second-order valence-electron chi connectivity index (χ2n) is 2.74. The maximum atomic E-state index is 11.5. The Labute approximate surface area is 79.0 Å². The van der Waals surface area contributed by atoms with Gasteiger partial charge in [0.2, 0.25) is 0 Å². The molecule has 7 heteroatoms. The SMILES string of the molecule is CCN(CC(=N)N)S(=O)(=O)N(C)C. The molecule has 0 unspecified atom stereocenters. The molecule has 0 rings (SSSR count). The highest BCUT2D eigenvalue weighted by Gasteiger charge is 2.22. The van der Waals surface area contributed by atoms with Crippen molar-refractivity contribution in [1.29, 1.82) is 5.41 Å². The number of amidine groups is 1. The molecule has 0 spiro atoms. The van der Waals surface area contributed by atoms with Crippen molar-refractivity contribution < 1.29 is 8.42 Å². The zero-order chi connectivity index (χ0) is 10.6. The molecule has 13 heavy (non-hydrogen) atoms. The number of nitrogens with two attached hydrogens (primary N) is 1. The fourth-order valence-corrected chi connectivity index (χ4v) is 1.87. The Morgan fingerprint density at radius 2 is 1.92 bits per heavy atom. The molecule has 0 heterocycles. The maximum Gasteiger partial charge on any atom is 0.281 e. The molecule has 0 aliphatic rings. The lowest BCUT2D eigenvalue weighted by atomic mass is 10.6. The standard InChI is InChI=1S/C6H16N4O2S/c1-4-10(5-6(7)8)13(11,12)9(2)3/h4-5H2,1-3H3,(H3,7,8). The summed E-state index contributed by atoms with van der Waals surface area (Å²) < 4.78 is 25.2. The fourth-order valence-electron chi connectivity index (χ4n) is 0.777. The lowest BCUT2D eigenvalue weighted by Gasteiger charge is -2.23. The van der Waals surface area contributed by atoms with Crippen molar-refractivity contribution >= 4 is 16.0 Å². The zero-order valence-corrected chi connectivity index (χ0v) is 8.93. The minimum atomic E-state index is -3.44. The molecule has 0 aromatic carbocycles. The first-order chi connectivity index (χ1) is 5.82. The lowest BCUT2D eigenvalue weighted by Crippen LogP contribution is -2.43. The average molecular weight is 208 g/mol. The number of nitrogens with one attached hydrogen (secondary N) is 1. The van der Waals surface area contributed by atoms with E-state index in [1.165, 1.54) is 14.1 Å². The Balaban J connectivity index is 4.68. The van der Waals surface area contributed by atoms with Crippen LogP contribution in [0.5, 0.6) is 0 Å². The van der Waals surface area contributed by atoms with Crippen LogP contribution >= 0.6 is 0 Å². The van der Waals surface area contributed by atoms with Crippen LogP contribution in [0.15, 0.2) is 0 Å². The number of hydrogen-bond acceptors (Lipinski definition) is 3. The molecule has 0 aromatic rings. The van der Waals surface area contributed by atoms with E-state index in [9.17, 15) is 8.42 Å². The Hall–Kier alpha value is -0.660. The highest BCUT2D eigenvalue weighted by atomic mass is 32.2. The summed E-state index contributed by atoms with van der Waals surface area (Å²) in [5, 5.41) is 7.00. The van der Waals surface area contributed by atoms with Crippen LogP contribution in [-0.2, 0) is 10.2 Å². The molecule has 0 saturated heterocycles. The monoisotopic (exact) mass is 208 g/mol. The molecule has 0 bridgehead atoms. The van der Waals surface area contributed by atoms with E-state index in [1.54, 1.807) is 6.92 Å². The Morgan fingerprint density at radius 3 is 2.15 bits per heavy atom. The second-order valence-corrected chi connectivity index (χ2v) is 4.88. The van der Waals surface area contributed by atoms with Gasteiger partial charge in [-0.25, -0.2) is 0 Å². The van der Waals surface area contributed by atoms with Crippen molar-refractivity contribution in [2.24, 2.45) is 5.73 Å². The fraction of sp³-hybridized carbons (Fsp3) is 0.833. The Morgan fingerprint density at radius 1 is 1.46 bits per heavy atom. The van der Waals surface area contributed by atoms with Gasteiger partial charge in [-0.3, -0.25) is 5.41 Å². The van der Waals surface area contributed by atoms with Crippen LogP contribution in [0.2, 0.25) is 0 Å². The zero-order valence-electron chi connectivity index (χ0n) is 8.11. The molecule has 0 saturated carbocycles. The van der Waals surface area contributed by atoms with Gasteiger partial charge >= 0.3 is 0 Å². The molecule has 0 aromatic heterocycles. The minimum absolute atomic E-state index is 0.0585. The molecule has 0 atom stereocenters. The van der Waals surface area contributed by atoms with Crippen LogP contribution < -0.4 is 5.73 Å². The number of likely N-dealkylation sites (N-methyl/N-ethyl adjacent to an activating group) is 1. The van der Waals surface area contributed by atoms with Crippen molar-refractivity contribution in [3.8, 4) is 0 Å². The van der Waals surface area contributed by atoms with Crippen molar-refractivity contribution in [2.75, 3.05) is 27.2 Å². The minimum Gasteiger partial charge on any atom is -0.387 e. The normalized spacial score (nSPS) is 12.4. The largest absolute Gasteiger partial charge is 0.387 e. The summed E-state index contributed by atoms with van der Waals surface area (Å²) >= 11 is 0. The summed E-state index contributed by atoms with van der Waals surface area (Å²) in [7, 11) is -0.553. The van der Waals surface area contributed by atoms with Crippen LogP contribution in [0.1, 0.15) is 6.92 Å². The van der Waals surface area contributed by atoms with Crippen LogP contribution in [0.3, 0.4) is 0 Å². The Kier molecular flexibility index (Phi) is 4.31. The van der Waals surface area contributed by atoms with Gasteiger partial charge in [-0.2, -0.15) is 17.0 Å². The van der Waals surface area contributed by atoms with Crippen LogP contribution in [-0.4, -0.2) is 50.0 Å². The molecule has 0 fully saturated rings. The first kappa shape index (κ1) is 12.3. The van der Waals surface area contributed by atoms with Gasteiger partial charge in [-0.1, -0.05) is 6.92 Å². The van der Waals surface area contributed by atoms with E-state index < -0.39 is 10.2 Å². The van der Waals surface area contributed by atoms with E-state index in [2.05, 4.69) is 0 Å². The summed E-state index contributed by atoms with van der Waals surface area (Å²) in [5.74, 6) is -0.160. The predicted octanol–water partition coefficient (Wildman–Crippen LogP) is -0.949. The highest BCUT2D eigenvalue weighted by Crippen LogP contribution is 2.02. The summed E-state index contributed by atoms with van der Waals surface area (Å²) in [6.07, 6.45) is 0. The van der Waals surface area contributed by atoms with Crippen molar-refractivity contribution in [3.05, 3.63) is 0 Å². The van der Waals surface area contributed by atoms with Crippen molar-refractivity contribution in [2.45, 2.75) is 6.92 Å². The van der Waals surface area contributed by atoms with E-state index >= 15 is 0 Å². The Bertz CT molecular complexity index is 272. The molecule has 78 valence electrons. The molecule has 0 amide bonds. The third-order valence-electron chi connectivity index (χ3n) is 1.49. The van der Waals surface area contributed by atoms with E-state index in [0.717, 1.165) is 8.61 Å². The third kappa shape index (κ3) is 3.29. The van der Waals surface area contributed by atoms with Crippen molar-refractivity contribution in [1.82, 2.24) is 8.61 Å². The van der Waals surface area contributed by atoms with Gasteiger partial charge in [0.1, 0.15) is 5.84 Å². The average Bonchev–Trinajstić information content (AvgIpc) is 1.99. The smallest absolute Gasteiger partial charge is 0.281 e. The van der Waals surface area contributed by atoms with Gasteiger partial charge < -0.3 is 5.73 Å². The molecule has 0 radical (unpaired) electrons. The van der Waals surface area contributed by atoms with E-state index in [1.807, 2.05) is 0 Å². The summed E-state index contributed by atoms with van der Waals surface area (Å²) in [5.41, 5.74) is 5.12. The van der Waals surface area contributed by atoms with Crippen LogP contribution in [0.25, 0.3) is 0 Å². The van der Waals surface area contributed by atoms with E-state index in [4.69, 9.17) is 11.1 Å². The van der Waals surface area contributed by atoms with Gasteiger partial charge in [0.25, 0.3) is 10.2 Å². The van der Waals surface area contributed by atoms with Gasteiger partial charge in [0.05, 0.1) is 6.54 Å². The second kappa shape index (κ2) is 4.54. The first-order valence-corrected chi connectivity index (χ1v) is 5.22. The summed E-state index contributed by atoms with van der Waals surface area (Å²) in [6.45, 7) is 1.95. The maximum absolute atomic E-state index is 11.5.